The highest BCUT2D eigenvalue weighted by molar-refractivity contribution is 5.61. The zero-order chi connectivity index (χ0) is 12.8. The van der Waals surface area contributed by atoms with Crippen molar-refractivity contribution in [1.82, 2.24) is 0 Å². The maximum absolute atomic E-state index is 5.94. The molecule has 3 heteroatoms. The van der Waals surface area contributed by atoms with E-state index in [0.29, 0.717) is 12.5 Å². The van der Waals surface area contributed by atoms with Gasteiger partial charge in [0.2, 0.25) is 0 Å². The summed E-state index contributed by atoms with van der Waals surface area (Å²) in [7, 11) is 1.66. The zero-order valence-electron chi connectivity index (χ0n) is 10.9. The zero-order valence-corrected chi connectivity index (χ0v) is 10.9. The highest BCUT2D eigenvalue weighted by Crippen LogP contribution is 2.32. The molecule has 0 aromatic heterocycles. The van der Waals surface area contributed by atoms with Crippen LogP contribution in [0.4, 0.5) is 0 Å². The summed E-state index contributed by atoms with van der Waals surface area (Å²) in [5.74, 6) is 2.13. The Morgan fingerprint density at radius 3 is 2.83 bits per heavy atom. The summed E-state index contributed by atoms with van der Waals surface area (Å²) in [6.45, 7) is 6.20. The van der Waals surface area contributed by atoms with Crippen molar-refractivity contribution in [3.05, 3.63) is 30.3 Å². The molecular weight excluding hydrogens is 228 g/mol. The molecule has 0 N–H and O–H groups in total. The van der Waals surface area contributed by atoms with Crippen LogP contribution in [0.5, 0.6) is 11.5 Å². The second-order valence-electron chi connectivity index (χ2n) is 4.45. The molecule has 0 radical (unpaired) electrons. The third-order valence-corrected chi connectivity index (χ3v) is 3.25. The first-order valence-corrected chi connectivity index (χ1v) is 6.35. The fraction of sp³-hybridized carbons (Fsp3) is 0.467. The van der Waals surface area contributed by atoms with E-state index in [1.54, 1.807) is 13.2 Å². The van der Waals surface area contributed by atoms with Crippen LogP contribution in [0, 0.1) is 5.92 Å². The van der Waals surface area contributed by atoms with Gasteiger partial charge in [0.1, 0.15) is 0 Å². The standard InChI is InChI=1S/C15H20O3/c1-3-13-5-4-6-14(16-2)15(13)18-11-12-7-9-17-10-8-12/h3-6,12H,1,7-11H2,2H3. The van der Waals surface area contributed by atoms with Gasteiger partial charge in [-0.1, -0.05) is 24.8 Å². The minimum absolute atomic E-state index is 0.571. The second kappa shape index (κ2) is 6.45. The summed E-state index contributed by atoms with van der Waals surface area (Å²) in [6, 6.07) is 5.83. The lowest BCUT2D eigenvalue weighted by molar-refractivity contribution is 0.0493. The molecule has 2 rings (SSSR count). The van der Waals surface area contributed by atoms with Crippen LogP contribution >= 0.6 is 0 Å². The molecule has 0 atom stereocenters. The first-order valence-electron chi connectivity index (χ1n) is 6.35. The number of methoxy groups -OCH3 is 1. The van der Waals surface area contributed by atoms with Gasteiger partial charge in [0, 0.05) is 18.8 Å². The van der Waals surface area contributed by atoms with E-state index in [0.717, 1.165) is 43.1 Å². The Balaban J connectivity index is 2.04. The van der Waals surface area contributed by atoms with E-state index < -0.39 is 0 Å². The molecule has 0 aliphatic carbocycles. The summed E-state index contributed by atoms with van der Waals surface area (Å²) in [5, 5.41) is 0. The Morgan fingerprint density at radius 1 is 1.39 bits per heavy atom. The minimum Gasteiger partial charge on any atom is -0.493 e. The molecule has 0 unspecified atom stereocenters. The minimum atomic E-state index is 0.571. The van der Waals surface area contributed by atoms with Crippen molar-refractivity contribution in [2.45, 2.75) is 12.8 Å². The quantitative estimate of drug-likeness (QED) is 0.801. The third kappa shape index (κ3) is 3.05. The number of rotatable bonds is 5. The lowest BCUT2D eigenvalue weighted by Crippen LogP contribution is -2.21. The van der Waals surface area contributed by atoms with Crippen molar-refractivity contribution < 1.29 is 14.2 Å². The Labute approximate surface area is 108 Å². The molecule has 0 amide bonds. The van der Waals surface area contributed by atoms with E-state index in [9.17, 15) is 0 Å². The molecule has 1 saturated heterocycles. The van der Waals surface area contributed by atoms with Gasteiger partial charge in [-0.3, -0.25) is 0 Å². The highest BCUT2D eigenvalue weighted by Gasteiger charge is 2.16. The van der Waals surface area contributed by atoms with Gasteiger partial charge >= 0.3 is 0 Å². The molecule has 1 fully saturated rings. The molecule has 1 aliphatic rings. The third-order valence-electron chi connectivity index (χ3n) is 3.25. The van der Waals surface area contributed by atoms with Crippen LogP contribution in [0.25, 0.3) is 6.08 Å². The van der Waals surface area contributed by atoms with E-state index in [1.807, 2.05) is 18.2 Å². The summed E-state index contributed by atoms with van der Waals surface area (Å²) < 4.78 is 16.6. The number of benzene rings is 1. The van der Waals surface area contributed by atoms with E-state index in [4.69, 9.17) is 14.2 Å². The molecule has 3 nitrogen and oxygen atoms in total. The van der Waals surface area contributed by atoms with Gasteiger partial charge in [-0.2, -0.15) is 0 Å². The van der Waals surface area contributed by atoms with Crippen molar-refractivity contribution >= 4 is 6.08 Å². The van der Waals surface area contributed by atoms with Gasteiger partial charge in [0.25, 0.3) is 0 Å². The van der Waals surface area contributed by atoms with Crippen LogP contribution in [0.2, 0.25) is 0 Å². The average molecular weight is 248 g/mol. The Morgan fingerprint density at radius 2 is 2.17 bits per heavy atom. The van der Waals surface area contributed by atoms with E-state index in [-0.39, 0.29) is 0 Å². The summed E-state index contributed by atoms with van der Waals surface area (Å²) in [4.78, 5) is 0. The largest absolute Gasteiger partial charge is 0.493 e. The Bertz CT molecular complexity index is 395. The molecule has 0 saturated carbocycles. The predicted molar refractivity (Wildman–Crippen MR) is 72.1 cm³/mol. The lowest BCUT2D eigenvalue weighted by Gasteiger charge is -2.23. The lowest BCUT2D eigenvalue weighted by atomic mass is 10.0. The van der Waals surface area contributed by atoms with Gasteiger partial charge < -0.3 is 14.2 Å². The second-order valence-corrected chi connectivity index (χ2v) is 4.45. The number of para-hydroxylation sites is 1. The number of hydrogen-bond donors (Lipinski definition) is 0. The van der Waals surface area contributed by atoms with Crippen LogP contribution in [-0.4, -0.2) is 26.9 Å². The Hall–Kier alpha value is -1.48. The predicted octanol–water partition coefficient (Wildman–Crippen LogP) is 3.14. The van der Waals surface area contributed by atoms with Crippen molar-refractivity contribution in [3.63, 3.8) is 0 Å². The van der Waals surface area contributed by atoms with E-state index >= 15 is 0 Å². The average Bonchev–Trinajstić information content (AvgIpc) is 2.45. The van der Waals surface area contributed by atoms with Gasteiger partial charge in [0.15, 0.2) is 11.5 Å². The van der Waals surface area contributed by atoms with Crippen LogP contribution in [0.15, 0.2) is 24.8 Å². The van der Waals surface area contributed by atoms with Crippen LogP contribution in [0.3, 0.4) is 0 Å². The Kier molecular flexibility index (Phi) is 4.65. The van der Waals surface area contributed by atoms with Crippen LogP contribution in [-0.2, 0) is 4.74 Å². The van der Waals surface area contributed by atoms with Gasteiger partial charge in [-0.15, -0.1) is 0 Å². The van der Waals surface area contributed by atoms with Crippen molar-refractivity contribution in [1.29, 1.82) is 0 Å². The molecule has 1 aliphatic heterocycles. The molecule has 1 aromatic rings. The first kappa shape index (κ1) is 13.0. The molecule has 0 spiro atoms. The molecule has 0 bridgehead atoms. The SMILES string of the molecule is C=Cc1cccc(OC)c1OCC1CCOCC1. The molecule has 1 aromatic carbocycles. The highest BCUT2D eigenvalue weighted by atomic mass is 16.5. The summed E-state index contributed by atoms with van der Waals surface area (Å²) in [6.07, 6.45) is 3.93. The maximum Gasteiger partial charge on any atom is 0.168 e. The summed E-state index contributed by atoms with van der Waals surface area (Å²) in [5.41, 5.74) is 0.974. The monoisotopic (exact) mass is 248 g/mol. The molecule has 1 heterocycles. The molecule has 98 valence electrons. The first-order chi connectivity index (χ1) is 8.85. The molecular formula is C15H20O3. The van der Waals surface area contributed by atoms with Crippen LogP contribution < -0.4 is 9.47 Å². The van der Waals surface area contributed by atoms with Gasteiger partial charge in [0.05, 0.1) is 13.7 Å². The maximum atomic E-state index is 5.94. The fourth-order valence-corrected chi connectivity index (χ4v) is 2.12. The van der Waals surface area contributed by atoms with Gasteiger partial charge in [-0.25, -0.2) is 0 Å². The number of hydrogen-bond acceptors (Lipinski definition) is 3. The van der Waals surface area contributed by atoms with Crippen molar-refractivity contribution in [2.24, 2.45) is 5.92 Å². The fourth-order valence-electron chi connectivity index (χ4n) is 2.12. The van der Waals surface area contributed by atoms with E-state index in [2.05, 4.69) is 6.58 Å². The van der Waals surface area contributed by atoms with Crippen molar-refractivity contribution in [2.75, 3.05) is 26.9 Å². The number of ether oxygens (including phenoxy) is 3. The topological polar surface area (TPSA) is 27.7 Å². The smallest absolute Gasteiger partial charge is 0.168 e. The molecule has 18 heavy (non-hydrogen) atoms. The van der Waals surface area contributed by atoms with Crippen molar-refractivity contribution in [3.8, 4) is 11.5 Å². The summed E-state index contributed by atoms with van der Waals surface area (Å²) >= 11 is 0. The normalized spacial score (nSPS) is 16.3. The van der Waals surface area contributed by atoms with E-state index in [1.165, 1.54) is 0 Å². The van der Waals surface area contributed by atoms with Gasteiger partial charge in [-0.05, 0) is 24.8 Å². The van der Waals surface area contributed by atoms with Crippen LogP contribution in [0.1, 0.15) is 18.4 Å².